The minimum atomic E-state index is -0.561. The van der Waals surface area contributed by atoms with Gasteiger partial charge in [-0.15, -0.1) is 0 Å². The van der Waals surface area contributed by atoms with Crippen LogP contribution in [0.5, 0.6) is 5.75 Å². The number of methoxy groups -OCH3 is 1. The predicted molar refractivity (Wildman–Crippen MR) is 116 cm³/mol. The molecule has 0 aliphatic carbocycles. The van der Waals surface area contributed by atoms with E-state index in [1.807, 2.05) is 24.3 Å². The van der Waals surface area contributed by atoms with Crippen molar-refractivity contribution in [1.29, 1.82) is 0 Å². The Morgan fingerprint density at radius 3 is 2.65 bits per heavy atom. The van der Waals surface area contributed by atoms with E-state index < -0.39 is 10.9 Å². The molecule has 0 saturated carbocycles. The van der Waals surface area contributed by atoms with Crippen LogP contribution < -0.4 is 4.74 Å². The first-order valence-corrected chi connectivity index (χ1v) is 9.69. The van der Waals surface area contributed by atoms with Crippen LogP contribution in [-0.2, 0) is 22.7 Å². The average Bonchev–Trinajstić information content (AvgIpc) is 3.03. The summed E-state index contributed by atoms with van der Waals surface area (Å²) in [5.74, 6) is 0.183. The molecular weight excluding hydrogens is 422 g/mol. The molecule has 8 nitrogen and oxygen atoms in total. The minimum absolute atomic E-state index is 0.00296. The summed E-state index contributed by atoms with van der Waals surface area (Å²) >= 11 is 6.46. The fourth-order valence-corrected chi connectivity index (χ4v) is 3.17. The van der Waals surface area contributed by atoms with E-state index in [2.05, 4.69) is 5.10 Å². The molecule has 0 amide bonds. The van der Waals surface area contributed by atoms with Crippen LogP contribution in [0.2, 0.25) is 5.15 Å². The Hall–Kier alpha value is -3.65. The lowest BCUT2D eigenvalue weighted by molar-refractivity contribution is -0.384. The second kappa shape index (κ2) is 9.90. The molecule has 0 saturated heterocycles. The molecule has 0 radical (unpaired) electrons. The van der Waals surface area contributed by atoms with Gasteiger partial charge in [0.1, 0.15) is 17.5 Å². The zero-order valence-corrected chi connectivity index (χ0v) is 17.7. The summed E-state index contributed by atoms with van der Waals surface area (Å²) in [4.78, 5) is 22.2. The van der Waals surface area contributed by atoms with Gasteiger partial charge in [-0.05, 0) is 48.4 Å². The van der Waals surface area contributed by atoms with Gasteiger partial charge < -0.3 is 9.47 Å². The standard InChI is InChI=1S/C22H20ClN3O5/c1-15-20(22(23)25(24-15)13-17-4-3-5-19(12-17)30-2)10-11-21(27)31-14-16-6-8-18(9-7-16)26(28)29/h3-12H,13-14H2,1-2H3/b11-10+. The molecule has 2 aromatic carbocycles. The van der Waals surface area contributed by atoms with Crippen molar-refractivity contribution in [2.45, 2.75) is 20.1 Å². The molecular formula is C22H20ClN3O5. The fraction of sp³-hybridized carbons (Fsp3) is 0.182. The van der Waals surface area contributed by atoms with Gasteiger partial charge in [0.2, 0.25) is 0 Å². The van der Waals surface area contributed by atoms with Crippen molar-refractivity contribution in [3.05, 3.63) is 92.3 Å². The van der Waals surface area contributed by atoms with Crippen LogP contribution in [0, 0.1) is 17.0 Å². The van der Waals surface area contributed by atoms with E-state index in [1.54, 1.807) is 36.9 Å². The largest absolute Gasteiger partial charge is 0.497 e. The number of aromatic nitrogens is 2. The number of nitro benzene ring substituents is 1. The fourth-order valence-electron chi connectivity index (χ4n) is 2.87. The zero-order valence-electron chi connectivity index (χ0n) is 16.9. The number of hydrogen-bond acceptors (Lipinski definition) is 6. The monoisotopic (exact) mass is 441 g/mol. The van der Waals surface area contributed by atoms with Crippen LogP contribution in [-0.4, -0.2) is 27.8 Å². The maximum absolute atomic E-state index is 12.1. The van der Waals surface area contributed by atoms with E-state index in [0.717, 1.165) is 11.3 Å². The number of aryl methyl sites for hydroxylation is 1. The van der Waals surface area contributed by atoms with Crippen LogP contribution in [0.15, 0.2) is 54.6 Å². The van der Waals surface area contributed by atoms with Crippen molar-refractivity contribution in [3.8, 4) is 5.75 Å². The molecule has 9 heteroatoms. The molecule has 0 aliphatic rings. The molecule has 0 spiro atoms. The maximum atomic E-state index is 12.1. The van der Waals surface area contributed by atoms with E-state index in [-0.39, 0.29) is 12.3 Å². The SMILES string of the molecule is COc1cccc(Cn2nc(C)c(/C=C/C(=O)OCc3ccc([N+](=O)[O-])cc3)c2Cl)c1. The lowest BCUT2D eigenvalue weighted by Gasteiger charge is -2.06. The molecule has 31 heavy (non-hydrogen) atoms. The Kier molecular flexibility index (Phi) is 7.04. The number of nitrogens with zero attached hydrogens (tertiary/aromatic N) is 3. The molecule has 0 N–H and O–H groups in total. The van der Waals surface area contributed by atoms with Crippen LogP contribution in [0.25, 0.3) is 6.08 Å². The number of carbonyl (C=O) groups is 1. The van der Waals surface area contributed by atoms with Gasteiger partial charge in [-0.3, -0.25) is 10.1 Å². The Labute approximate surface area is 183 Å². The second-order valence-electron chi connectivity index (χ2n) is 6.66. The van der Waals surface area contributed by atoms with E-state index in [1.165, 1.54) is 18.2 Å². The summed E-state index contributed by atoms with van der Waals surface area (Å²) in [6, 6.07) is 13.4. The van der Waals surface area contributed by atoms with E-state index in [9.17, 15) is 14.9 Å². The van der Waals surface area contributed by atoms with Crippen LogP contribution >= 0.6 is 11.6 Å². The smallest absolute Gasteiger partial charge is 0.331 e. The van der Waals surface area contributed by atoms with E-state index in [0.29, 0.717) is 28.5 Å². The first kappa shape index (κ1) is 22.0. The number of carbonyl (C=O) groups excluding carboxylic acids is 1. The Morgan fingerprint density at radius 2 is 1.97 bits per heavy atom. The first-order chi connectivity index (χ1) is 14.9. The van der Waals surface area contributed by atoms with Gasteiger partial charge in [0.25, 0.3) is 5.69 Å². The lowest BCUT2D eigenvalue weighted by atomic mass is 10.2. The topological polar surface area (TPSA) is 96.5 Å². The minimum Gasteiger partial charge on any atom is -0.497 e. The Morgan fingerprint density at radius 1 is 1.23 bits per heavy atom. The van der Waals surface area contributed by atoms with Crippen molar-refractivity contribution in [1.82, 2.24) is 9.78 Å². The molecule has 1 aromatic heterocycles. The summed E-state index contributed by atoms with van der Waals surface area (Å²) in [7, 11) is 1.60. The van der Waals surface area contributed by atoms with Gasteiger partial charge in [-0.1, -0.05) is 23.7 Å². The quantitative estimate of drug-likeness (QED) is 0.220. The molecule has 160 valence electrons. The van der Waals surface area contributed by atoms with Crippen molar-refractivity contribution in [2.75, 3.05) is 7.11 Å². The summed E-state index contributed by atoms with van der Waals surface area (Å²) in [6.45, 7) is 2.26. The third-order valence-electron chi connectivity index (χ3n) is 4.49. The third kappa shape index (κ3) is 5.70. The van der Waals surface area contributed by atoms with Crippen molar-refractivity contribution in [2.24, 2.45) is 0 Å². The van der Waals surface area contributed by atoms with Crippen molar-refractivity contribution < 1.29 is 19.2 Å². The van der Waals surface area contributed by atoms with Crippen LogP contribution in [0.3, 0.4) is 0 Å². The van der Waals surface area contributed by atoms with Gasteiger partial charge in [0.15, 0.2) is 0 Å². The first-order valence-electron chi connectivity index (χ1n) is 9.31. The zero-order chi connectivity index (χ0) is 22.4. The number of ether oxygens (including phenoxy) is 2. The summed E-state index contributed by atoms with van der Waals surface area (Å²) in [6.07, 6.45) is 2.84. The van der Waals surface area contributed by atoms with E-state index in [4.69, 9.17) is 21.1 Å². The van der Waals surface area contributed by atoms with Gasteiger partial charge in [0.05, 0.1) is 24.3 Å². The van der Waals surface area contributed by atoms with Crippen molar-refractivity contribution in [3.63, 3.8) is 0 Å². The van der Waals surface area contributed by atoms with Gasteiger partial charge in [-0.2, -0.15) is 5.10 Å². The van der Waals surface area contributed by atoms with Gasteiger partial charge in [-0.25, -0.2) is 9.48 Å². The van der Waals surface area contributed by atoms with Gasteiger partial charge in [0, 0.05) is 23.8 Å². The number of halogens is 1. The number of nitro groups is 1. The normalized spacial score (nSPS) is 10.9. The molecule has 0 atom stereocenters. The second-order valence-corrected chi connectivity index (χ2v) is 7.02. The molecule has 3 aromatic rings. The molecule has 0 bridgehead atoms. The highest BCUT2D eigenvalue weighted by molar-refractivity contribution is 6.31. The number of esters is 1. The maximum Gasteiger partial charge on any atom is 0.331 e. The lowest BCUT2D eigenvalue weighted by Crippen LogP contribution is -2.02. The van der Waals surface area contributed by atoms with Crippen LogP contribution in [0.4, 0.5) is 5.69 Å². The highest BCUT2D eigenvalue weighted by Gasteiger charge is 2.12. The Balaban J connectivity index is 1.63. The molecule has 0 unspecified atom stereocenters. The highest BCUT2D eigenvalue weighted by Crippen LogP contribution is 2.23. The molecule has 0 aliphatic heterocycles. The average molecular weight is 442 g/mol. The van der Waals surface area contributed by atoms with Crippen LogP contribution in [0.1, 0.15) is 22.4 Å². The third-order valence-corrected chi connectivity index (χ3v) is 4.89. The number of hydrogen-bond donors (Lipinski definition) is 0. The van der Waals surface area contributed by atoms with Crippen molar-refractivity contribution >= 4 is 29.3 Å². The van der Waals surface area contributed by atoms with E-state index >= 15 is 0 Å². The molecule has 3 rings (SSSR count). The summed E-state index contributed by atoms with van der Waals surface area (Å²) < 4.78 is 12.1. The number of rotatable bonds is 8. The number of benzene rings is 2. The molecule has 0 fully saturated rings. The predicted octanol–water partition coefficient (Wildman–Crippen LogP) is 4.57. The highest BCUT2D eigenvalue weighted by atomic mass is 35.5. The Bertz CT molecular complexity index is 1120. The molecule has 1 heterocycles. The summed E-state index contributed by atoms with van der Waals surface area (Å²) in [5, 5.41) is 15.5. The van der Waals surface area contributed by atoms with Gasteiger partial charge >= 0.3 is 5.97 Å². The number of non-ortho nitro benzene ring substituents is 1. The summed E-state index contributed by atoms with van der Waals surface area (Å²) in [5.41, 5.74) is 2.89.